The predicted octanol–water partition coefficient (Wildman–Crippen LogP) is 4.06. The molecule has 1 aromatic carbocycles. The first-order valence-electron chi connectivity index (χ1n) is 8.88. The number of pyridine rings is 1. The van der Waals surface area contributed by atoms with Gasteiger partial charge in [-0.1, -0.05) is 12.1 Å². The molecule has 0 saturated heterocycles. The Kier molecular flexibility index (Phi) is 9.16. The van der Waals surface area contributed by atoms with E-state index >= 15 is 0 Å². The second kappa shape index (κ2) is 10.5. The van der Waals surface area contributed by atoms with Crippen molar-refractivity contribution in [2.45, 2.75) is 18.4 Å². The zero-order chi connectivity index (χ0) is 21.3. The smallest absolute Gasteiger partial charge is 0.242 e. The molecule has 0 amide bonds. The maximum atomic E-state index is 14.2. The lowest BCUT2D eigenvalue weighted by atomic mass is 10.1. The third-order valence-corrected chi connectivity index (χ3v) is 6.49. The summed E-state index contributed by atoms with van der Waals surface area (Å²) >= 11 is 0. The Morgan fingerprint density at radius 1 is 1.26 bits per heavy atom. The molecule has 170 valence electrons. The Morgan fingerprint density at radius 2 is 1.94 bits per heavy atom. The summed E-state index contributed by atoms with van der Waals surface area (Å²) in [6.45, 7) is 1.69. The second-order valence-electron chi connectivity index (χ2n) is 6.77. The SMILES string of the molecule is Cc1c(-c2cccc(S(=O)(=O)N(C)C)c2)c2ncc(F)cc2n1CC(F)=CCN.Cl.Cl. The van der Waals surface area contributed by atoms with Crippen LogP contribution >= 0.6 is 24.8 Å². The van der Waals surface area contributed by atoms with Crippen molar-refractivity contribution in [3.05, 3.63) is 59.9 Å². The molecular weight excluding hydrogens is 469 g/mol. The topological polar surface area (TPSA) is 81.2 Å². The number of allylic oxidation sites excluding steroid dienone is 1. The molecule has 0 unspecified atom stereocenters. The largest absolute Gasteiger partial charge is 0.336 e. The Morgan fingerprint density at radius 3 is 2.55 bits per heavy atom. The summed E-state index contributed by atoms with van der Waals surface area (Å²) in [6, 6.07) is 7.71. The van der Waals surface area contributed by atoms with Crippen molar-refractivity contribution < 1.29 is 17.2 Å². The van der Waals surface area contributed by atoms with Crippen molar-refractivity contribution in [1.29, 1.82) is 0 Å². The molecule has 0 aliphatic heterocycles. The standard InChI is InChI=1S/C20H22F2N4O2S.2ClH/c1-13-19(14-5-4-6-17(9-14)29(27,28)25(2)3)20-18(10-16(22)11-24-20)26(13)12-15(21)7-8-23;;/h4-7,9-11H,8,12,23H2,1-3H3;2*1H. The third kappa shape index (κ3) is 5.24. The number of sulfonamides is 1. The van der Waals surface area contributed by atoms with Crippen molar-refractivity contribution >= 4 is 45.9 Å². The number of nitrogens with two attached hydrogens (primary N) is 1. The number of benzene rings is 1. The first kappa shape index (κ1) is 27.0. The minimum absolute atomic E-state index is 0. The summed E-state index contributed by atoms with van der Waals surface area (Å²) in [5.41, 5.74) is 8.11. The van der Waals surface area contributed by atoms with Gasteiger partial charge in [-0.15, -0.1) is 24.8 Å². The highest BCUT2D eigenvalue weighted by Crippen LogP contribution is 2.35. The van der Waals surface area contributed by atoms with Gasteiger partial charge >= 0.3 is 0 Å². The van der Waals surface area contributed by atoms with Crippen LogP contribution in [0, 0.1) is 12.7 Å². The number of hydrogen-bond acceptors (Lipinski definition) is 4. The van der Waals surface area contributed by atoms with Gasteiger partial charge in [-0.2, -0.15) is 0 Å². The van der Waals surface area contributed by atoms with E-state index in [-0.39, 0.29) is 42.8 Å². The number of hydrogen-bond donors (Lipinski definition) is 1. The first-order valence-corrected chi connectivity index (χ1v) is 10.3. The van der Waals surface area contributed by atoms with Gasteiger partial charge in [0.25, 0.3) is 0 Å². The van der Waals surface area contributed by atoms with E-state index in [9.17, 15) is 17.2 Å². The van der Waals surface area contributed by atoms with Crippen LogP contribution in [0.15, 0.2) is 53.3 Å². The van der Waals surface area contributed by atoms with Crippen LogP contribution in [-0.2, 0) is 16.6 Å². The maximum absolute atomic E-state index is 14.2. The Hall–Kier alpha value is -2.04. The van der Waals surface area contributed by atoms with E-state index in [2.05, 4.69) is 4.98 Å². The van der Waals surface area contributed by atoms with E-state index in [1.54, 1.807) is 29.7 Å². The molecule has 2 heterocycles. The highest BCUT2D eigenvalue weighted by molar-refractivity contribution is 7.89. The molecule has 0 radical (unpaired) electrons. The van der Waals surface area contributed by atoms with Gasteiger partial charge in [0.1, 0.15) is 11.6 Å². The lowest BCUT2D eigenvalue weighted by Gasteiger charge is -2.12. The van der Waals surface area contributed by atoms with Gasteiger partial charge in [0, 0.05) is 38.0 Å². The van der Waals surface area contributed by atoms with Gasteiger partial charge in [0.05, 0.1) is 28.7 Å². The normalized spacial score (nSPS) is 12.0. The van der Waals surface area contributed by atoms with E-state index in [0.29, 0.717) is 27.9 Å². The van der Waals surface area contributed by atoms with Gasteiger partial charge in [0.2, 0.25) is 10.0 Å². The Balaban J connectivity index is 0.00000240. The van der Waals surface area contributed by atoms with Crippen LogP contribution in [0.3, 0.4) is 0 Å². The number of halogens is 4. The van der Waals surface area contributed by atoms with Gasteiger partial charge in [-0.05, 0) is 30.7 Å². The number of rotatable bonds is 6. The van der Waals surface area contributed by atoms with Crippen LogP contribution in [0.4, 0.5) is 8.78 Å². The lowest BCUT2D eigenvalue weighted by Crippen LogP contribution is -2.22. The van der Waals surface area contributed by atoms with E-state index in [1.165, 1.54) is 32.3 Å². The number of aromatic nitrogens is 2. The molecule has 2 aromatic heterocycles. The molecular formula is C20H24Cl2F2N4O2S. The molecule has 3 aromatic rings. The van der Waals surface area contributed by atoms with Crippen molar-refractivity contribution in [3.63, 3.8) is 0 Å². The van der Waals surface area contributed by atoms with Crippen LogP contribution in [-0.4, -0.2) is 42.9 Å². The van der Waals surface area contributed by atoms with Crippen LogP contribution in [0.1, 0.15) is 5.69 Å². The lowest BCUT2D eigenvalue weighted by molar-refractivity contribution is 0.521. The van der Waals surface area contributed by atoms with Gasteiger partial charge in [-0.25, -0.2) is 21.5 Å². The fourth-order valence-corrected chi connectivity index (χ4v) is 4.18. The number of fused-ring (bicyclic) bond motifs is 1. The van der Waals surface area contributed by atoms with Crippen LogP contribution in [0.5, 0.6) is 0 Å². The Bertz CT molecular complexity index is 1210. The molecule has 6 nitrogen and oxygen atoms in total. The maximum Gasteiger partial charge on any atom is 0.242 e. The van der Waals surface area contributed by atoms with Crippen molar-refractivity contribution in [3.8, 4) is 11.1 Å². The van der Waals surface area contributed by atoms with E-state index < -0.39 is 21.7 Å². The van der Waals surface area contributed by atoms with Gasteiger partial charge in [-0.3, -0.25) is 4.98 Å². The fourth-order valence-electron chi connectivity index (χ4n) is 3.23. The summed E-state index contributed by atoms with van der Waals surface area (Å²) in [5, 5.41) is 0. The van der Waals surface area contributed by atoms with Crippen LogP contribution in [0.25, 0.3) is 22.2 Å². The molecule has 31 heavy (non-hydrogen) atoms. The zero-order valence-electron chi connectivity index (χ0n) is 17.2. The highest BCUT2D eigenvalue weighted by atomic mass is 35.5. The second-order valence-corrected chi connectivity index (χ2v) is 8.92. The molecule has 0 atom stereocenters. The zero-order valence-corrected chi connectivity index (χ0v) is 19.6. The quantitative estimate of drug-likeness (QED) is 0.562. The third-order valence-electron chi connectivity index (χ3n) is 4.68. The average Bonchev–Trinajstić information content (AvgIpc) is 2.93. The van der Waals surface area contributed by atoms with Crippen LogP contribution < -0.4 is 5.73 Å². The molecule has 0 bridgehead atoms. The molecule has 0 aliphatic rings. The van der Waals surface area contributed by atoms with E-state index in [4.69, 9.17) is 5.73 Å². The Labute approximate surface area is 192 Å². The molecule has 0 fully saturated rings. The summed E-state index contributed by atoms with van der Waals surface area (Å²) in [7, 11) is -0.728. The van der Waals surface area contributed by atoms with Crippen molar-refractivity contribution in [2.24, 2.45) is 5.73 Å². The van der Waals surface area contributed by atoms with Crippen LogP contribution in [0.2, 0.25) is 0 Å². The summed E-state index contributed by atoms with van der Waals surface area (Å²) in [5.74, 6) is -0.998. The van der Waals surface area contributed by atoms with E-state index in [1.807, 2.05) is 0 Å². The monoisotopic (exact) mass is 492 g/mol. The molecule has 0 spiro atoms. The molecule has 0 saturated carbocycles. The summed E-state index contributed by atoms with van der Waals surface area (Å²) < 4.78 is 55.8. The molecule has 0 aliphatic carbocycles. The van der Waals surface area contributed by atoms with Crippen molar-refractivity contribution in [1.82, 2.24) is 13.9 Å². The predicted molar refractivity (Wildman–Crippen MR) is 123 cm³/mol. The number of nitrogens with zero attached hydrogens (tertiary/aromatic N) is 3. The van der Waals surface area contributed by atoms with Crippen molar-refractivity contribution in [2.75, 3.05) is 20.6 Å². The minimum Gasteiger partial charge on any atom is -0.336 e. The highest BCUT2D eigenvalue weighted by Gasteiger charge is 2.22. The van der Waals surface area contributed by atoms with Gasteiger partial charge < -0.3 is 10.3 Å². The summed E-state index contributed by atoms with van der Waals surface area (Å²) in [6.07, 6.45) is 2.34. The molecule has 11 heteroatoms. The van der Waals surface area contributed by atoms with E-state index in [0.717, 1.165) is 10.5 Å². The molecule has 3 rings (SSSR count). The minimum atomic E-state index is -3.64. The van der Waals surface area contributed by atoms with Gasteiger partial charge in [0.15, 0.2) is 0 Å². The fraction of sp³-hybridized carbons (Fsp3) is 0.250. The molecule has 2 N–H and O–H groups in total. The average molecular weight is 493 g/mol. The summed E-state index contributed by atoms with van der Waals surface area (Å²) in [4.78, 5) is 4.32. The first-order chi connectivity index (χ1) is 13.7.